The van der Waals surface area contributed by atoms with Crippen LogP contribution in [-0.4, -0.2) is 12.5 Å². The number of benzene rings is 2. The number of para-hydroxylation sites is 2. The number of anilines is 2. The summed E-state index contributed by atoms with van der Waals surface area (Å²) < 4.78 is 1.03. The molecule has 0 aromatic heterocycles. The molecule has 2 aromatic carbocycles. The van der Waals surface area contributed by atoms with Gasteiger partial charge in [0.05, 0.1) is 12.2 Å². The number of carbonyl (C=O) groups is 1. The van der Waals surface area contributed by atoms with Gasteiger partial charge in [-0.2, -0.15) is 0 Å². The number of halogens is 1. The Morgan fingerprint density at radius 2 is 1.67 bits per heavy atom. The van der Waals surface area contributed by atoms with E-state index < -0.39 is 0 Å². The van der Waals surface area contributed by atoms with Crippen molar-refractivity contribution >= 4 is 39.9 Å². The van der Waals surface area contributed by atoms with Gasteiger partial charge in [-0.3, -0.25) is 4.79 Å². The highest BCUT2D eigenvalue weighted by atomic mass is 127. The molecule has 3 nitrogen and oxygen atoms in total. The third-order valence-corrected chi connectivity index (χ3v) is 3.32. The van der Waals surface area contributed by atoms with Gasteiger partial charge < -0.3 is 10.6 Å². The molecular weight excluding hydrogens is 339 g/mol. The first-order valence-corrected chi connectivity index (χ1v) is 6.67. The van der Waals surface area contributed by atoms with Gasteiger partial charge >= 0.3 is 0 Å². The molecule has 0 fully saturated rings. The lowest BCUT2D eigenvalue weighted by atomic mass is 10.3. The normalized spacial score (nSPS) is 9.83. The summed E-state index contributed by atoms with van der Waals surface area (Å²) in [5.74, 6) is -0.0528. The summed E-state index contributed by atoms with van der Waals surface area (Å²) in [6.45, 7) is 0.259. The smallest absolute Gasteiger partial charge is 0.243 e. The van der Waals surface area contributed by atoms with Crippen molar-refractivity contribution in [3.05, 3.63) is 58.2 Å². The van der Waals surface area contributed by atoms with Gasteiger partial charge in [-0.15, -0.1) is 0 Å². The van der Waals surface area contributed by atoms with Crippen LogP contribution in [0.4, 0.5) is 11.4 Å². The Labute approximate surface area is 120 Å². The van der Waals surface area contributed by atoms with Crippen molar-refractivity contribution < 1.29 is 4.79 Å². The van der Waals surface area contributed by atoms with Crippen molar-refractivity contribution in [1.82, 2.24) is 0 Å². The fourth-order valence-electron chi connectivity index (χ4n) is 1.50. The molecule has 18 heavy (non-hydrogen) atoms. The summed E-state index contributed by atoms with van der Waals surface area (Å²) in [6.07, 6.45) is 0. The van der Waals surface area contributed by atoms with Crippen molar-refractivity contribution in [3.63, 3.8) is 0 Å². The van der Waals surface area contributed by atoms with Gasteiger partial charge in [0.15, 0.2) is 0 Å². The van der Waals surface area contributed by atoms with Crippen LogP contribution in [0.25, 0.3) is 0 Å². The Hall–Kier alpha value is -1.56. The third kappa shape index (κ3) is 3.73. The Balaban J connectivity index is 1.88. The van der Waals surface area contributed by atoms with E-state index in [1.165, 1.54) is 0 Å². The average molecular weight is 352 g/mol. The predicted molar refractivity (Wildman–Crippen MR) is 82.7 cm³/mol. The number of nitrogens with one attached hydrogen (secondary N) is 2. The van der Waals surface area contributed by atoms with Gasteiger partial charge in [-0.1, -0.05) is 30.3 Å². The summed E-state index contributed by atoms with van der Waals surface area (Å²) >= 11 is 2.20. The fourth-order valence-corrected chi connectivity index (χ4v) is 2.02. The van der Waals surface area contributed by atoms with Crippen LogP contribution in [0.3, 0.4) is 0 Å². The molecule has 0 bridgehead atoms. The van der Waals surface area contributed by atoms with Crippen molar-refractivity contribution in [2.75, 3.05) is 17.2 Å². The Kier molecular flexibility index (Phi) is 4.58. The molecule has 2 rings (SSSR count). The third-order valence-electron chi connectivity index (χ3n) is 2.37. The van der Waals surface area contributed by atoms with Gasteiger partial charge in [0.25, 0.3) is 0 Å². The number of rotatable bonds is 4. The minimum atomic E-state index is -0.0528. The zero-order valence-electron chi connectivity index (χ0n) is 9.69. The maximum atomic E-state index is 11.8. The van der Waals surface area contributed by atoms with Crippen molar-refractivity contribution in [2.24, 2.45) is 0 Å². The van der Waals surface area contributed by atoms with Crippen LogP contribution in [0.5, 0.6) is 0 Å². The lowest BCUT2D eigenvalue weighted by Gasteiger charge is -2.08. The zero-order valence-corrected chi connectivity index (χ0v) is 11.8. The number of hydrogen-bond donors (Lipinski definition) is 2. The summed E-state index contributed by atoms with van der Waals surface area (Å²) in [7, 11) is 0. The van der Waals surface area contributed by atoms with E-state index in [2.05, 4.69) is 33.2 Å². The first-order valence-electron chi connectivity index (χ1n) is 5.59. The van der Waals surface area contributed by atoms with Gasteiger partial charge in [0.1, 0.15) is 0 Å². The van der Waals surface area contributed by atoms with E-state index in [0.29, 0.717) is 0 Å². The second-order valence-electron chi connectivity index (χ2n) is 3.75. The first-order chi connectivity index (χ1) is 8.75. The highest BCUT2D eigenvalue weighted by molar-refractivity contribution is 14.1. The average Bonchev–Trinajstić information content (AvgIpc) is 2.40. The number of amides is 1. The van der Waals surface area contributed by atoms with E-state index in [9.17, 15) is 4.79 Å². The zero-order chi connectivity index (χ0) is 12.8. The van der Waals surface area contributed by atoms with E-state index in [-0.39, 0.29) is 12.5 Å². The molecule has 2 N–H and O–H groups in total. The van der Waals surface area contributed by atoms with Gasteiger partial charge in [-0.25, -0.2) is 0 Å². The molecule has 4 heteroatoms. The lowest BCUT2D eigenvalue weighted by molar-refractivity contribution is -0.114. The van der Waals surface area contributed by atoms with Gasteiger partial charge in [0.2, 0.25) is 5.91 Å². The molecule has 0 unspecified atom stereocenters. The largest absolute Gasteiger partial charge is 0.376 e. The predicted octanol–water partition coefficient (Wildman–Crippen LogP) is 3.34. The minimum absolute atomic E-state index is 0.0528. The molecule has 0 saturated carbocycles. The number of carbonyl (C=O) groups excluding carboxylic acids is 1. The standard InChI is InChI=1S/C14H13IN2O/c15-12-8-4-5-9-13(12)17-14(18)10-16-11-6-2-1-3-7-11/h1-9,16H,10H2,(H,17,18). The highest BCUT2D eigenvalue weighted by Gasteiger charge is 2.04. The van der Waals surface area contributed by atoms with E-state index >= 15 is 0 Å². The second kappa shape index (κ2) is 6.39. The maximum absolute atomic E-state index is 11.8. The molecule has 1 amide bonds. The summed E-state index contributed by atoms with van der Waals surface area (Å²) in [4.78, 5) is 11.8. The topological polar surface area (TPSA) is 41.1 Å². The van der Waals surface area contributed by atoms with Crippen molar-refractivity contribution in [2.45, 2.75) is 0 Å². The molecule has 2 aromatic rings. The molecule has 0 spiro atoms. The molecule has 0 radical (unpaired) electrons. The monoisotopic (exact) mass is 352 g/mol. The molecule has 0 aliphatic carbocycles. The van der Waals surface area contributed by atoms with Crippen LogP contribution in [0.1, 0.15) is 0 Å². The van der Waals surface area contributed by atoms with Crippen LogP contribution in [0, 0.1) is 3.57 Å². The van der Waals surface area contributed by atoms with Crippen LogP contribution >= 0.6 is 22.6 Å². The minimum Gasteiger partial charge on any atom is -0.376 e. The lowest BCUT2D eigenvalue weighted by Crippen LogP contribution is -2.22. The Morgan fingerprint density at radius 3 is 2.39 bits per heavy atom. The highest BCUT2D eigenvalue weighted by Crippen LogP contribution is 2.16. The van der Waals surface area contributed by atoms with E-state index in [4.69, 9.17) is 0 Å². The van der Waals surface area contributed by atoms with Crippen LogP contribution in [0.15, 0.2) is 54.6 Å². The molecule has 0 heterocycles. The van der Waals surface area contributed by atoms with E-state index in [1.54, 1.807) is 0 Å². The molecular formula is C14H13IN2O. The Morgan fingerprint density at radius 1 is 1.00 bits per heavy atom. The van der Waals surface area contributed by atoms with Crippen LogP contribution < -0.4 is 10.6 Å². The molecule has 0 atom stereocenters. The first kappa shape index (κ1) is 12.9. The maximum Gasteiger partial charge on any atom is 0.243 e. The quantitative estimate of drug-likeness (QED) is 0.829. The second-order valence-corrected chi connectivity index (χ2v) is 4.91. The summed E-state index contributed by atoms with van der Waals surface area (Å²) in [5, 5.41) is 5.94. The Bertz CT molecular complexity index is 528. The number of hydrogen-bond acceptors (Lipinski definition) is 2. The van der Waals surface area contributed by atoms with E-state index in [0.717, 1.165) is 14.9 Å². The van der Waals surface area contributed by atoms with Crippen LogP contribution in [-0.2, 0) is 4.79 Å². The van der Waals surface area contributed by atoms with Gasteiger partial charge in [-0.05, 0) is 46.9 Å². The summed E-state index contributed by atoms with van der Waals surface area (Å²) in [6, 6.07) is 17.4. The van der Waals surface area contributed by atoms with Crippen molar-refractivity contribution in [1.29, 1.82) is 0 Å². The fraction of sp³-hybridized carbons (Fsp3) is 0.0714. The molecule has 0 aliphatic rings. The van der Waals surface area contributed by atoms with Crippen molar-refractivity contribution in [3.8, 4) is 0 Å². The molecule has 92 valence electrons. The summed E-state index contributed by atoms with van der Waals surface area (Å²) in [5.41, 5.74) is 1.79. The molecule has 0 saturated heterocycles. The molecule has 0 aliphatic heterocycles. The SMILES string of the molecule is O=C(CNc1ccccc1)Nc1ccccc1I. The van der Waals surface area contributed by atoms with E-state index in [1.807, 2.05) is 54.6 Å². The van der Waals surface area contributed by atoms with Crippen LogP contribution in [0.2, 0.25) is 0 Å². The van der Waals surface area contributed by atoms with Gasteiger partial charge in [0, 0.05) is 9.26 Å².